The molecule has 0 radical (unpaired) electrons. The zero-order chi connectivity index (χ0) is 20.6. The quantitative estimate of drug-likeness (QED) is 0.644. The fraction of sp³-hybridized carbons (Fsp3) is 0.286. The number of fused-ring (bicyclic) bond motifs is 1. The van der Waals surface area contributed by atoms with E-state index in [0.717, 1.165) is 39.7 Å². The second-order valence-electron chi connectivity index (χ2n) is 7.12. The molecule has 1 aromatic heterocycles. The first-order valence-electron chi connectivity index (χ1n) is 9.45. The lowest BCUT2D eigenvalue weighted by Gasteiger charge is -2.24. The van der Waals surface area contributed by atoms with E-state index in [-0.39, 0.29) is 10.9 Å². The summed E-state index contributed by atoms with van der Waals surface area (Å²) < 4.78 is 28.8. The molecular weight excluding hydrogens is 406 g/mol. The van der Waals surface area contributed by atoms with E-state index in [0.29, 0.717) is 13.2 Å². The molecule has 2 aromatic carbocycles. The summed E-state index contributed by atoms with van der Waals surface area (Å²) >= 11 is 1.62. The van der Waals surface area contributed by atoms with Gasteiger partial charge in [-0.05, 0) is 68.3 Å². The van der Waals surface area contributed by atoms with E-state index in [4.69, 9.17) is 14.9 Å². The van der Waals surface area contributed by atoms with Gasteiger partial charge in [-0.1, -0.05) is 0 Å². The van der Waals surface area contributed by atoms with Crippen molar-refractivity contribution < 1.29 is 13.2 Å². The minimum Gasteiger partial charge on any atom is -0.494 e. The third-order valence-corrected chi connectivity index (χ3v) is 6.88. The molecule has 29 heavy (non-hydrogen) atoms. The van der Waals surface area contributed by atoms with Gasteiger partial charge in [-0.15, -0.1) is 11.3 Å². The number of anilines is 1. The van der Waals surface area contributed by atoms with E-state index in [1.807, 2.05) is 37.3 Å². The SMILES string of the molecule is CCOc1ccc(-c2nc(CN3c4ccc(S(N)(=O)=O)cc4CC3C)cs2)cc1. The highest BCUT2D eigenvalue weighted by atomic mass is 32.2. The van der Waals surface area contributed by atoms with E-state index in [9.17, 15) is 8.42 Å². The van der Waals surface area contributed by atoms with Crippen LogP contribution in [0.2, 0.25) is 0 Å². The van der Waals surface area contributed by atoms with Crippen molar-refractivity contribution in [2.75, 3.05) is 11.5 Å². The smallest absolute Gasteiger partial charge is 0.238 e. The van der Waals surface area contributed by atoms with Crippen molar-refractivity contribution in [1.29, 1.82) is 0 Å². The first-order valence-corrected chi connectivity index (χ1v) is 11.9. The van der Waals surface area contributed by atoms with Crippen LogP contribution in [0.3, 0.4) is 0 Å². The van der Waals surface area contributed by atoms with Crippen molar-refractivity contribution in [3.05, 3.63) is 59.1 Å². The van der Waals surface area contributed by atoms with Crippen LogP contribution in [0.25, 0.3) is 10.6 Å². The van der Waals surface area contributed by atoms with Gasteiger partial charge in [0.05, 0.1) is 23.7 Å². The predicted octanol–water partition coefficient (Wildman–Crippen LogP) is 3.81. The Morgan fingerprint density at radius 1 is 1.24 bits per heavy atom. The number of aromatic nitrogens is 1. The molecule has 8 heteroatoms. The monoisotopic (exact) mass is 429 g/mol. The van der Waals surface area contributed by atoms with Crippen LogP contribution in [0.1, 0.15) is 25.1 Å². The minimum atomic E-state index is -3.69. The number of hydrogen-bond donors (Lipinski definition) is 1. The minimum absolute atomic E-state index is 0.164. The summed E-state index contributed by atoms with van der Waals surface area (Å²) in [5.41, 5.74) is 4.11. The summed E-state index contributed by atoms with van der Waals surface area (Å²) in [7, 11) is -3.69. The van der Waals surface area contributed by atoms with Crippen molar-refractivity contribution >= 4 is 27.0 Å². The fourth-order valence-electron chi connectivity index (χ4n) is 3.64. The Morgan fingerprint density at radius 3 is 2.69 bits per heavy atom. The maximum absolute atomic E-state index is 11.6. The standard InChI is InChI=1S/C21H23N3O3S2/c1-3-27-18-6-4-15(5-7-18)21-23-17(13-28-21)12-24-14(2)10-16-11-19(29(22,25)26)8-9-20(16)24/h4-9,11,13-14H,3,10,12H2,1-2H3,(H2,22,25,26). The number of nitrogens with two attached hydrogens (primary N) is 1. The molecule has 0 aliphatic carbocycles. The summed E-state index contributed by atoms with van der Waals surface area (Å²) in [4.78, 5) is 7.23. The Labute approximate surface area is 175 Å². The summed E-state index contributed by atoms with van der Waals surface area (Å²) in [6.07, 6.45) is 0.786. The Balaban J connectivity index is 1.54. The van der Waals surface area contributed by atoms with Crippen molar-refractivity contribution in [1.82, 2.24) is 4.98 Å². The Bertz CT molecular complexity index is 1120. The van der Waals surface area contributed by atoms with Gasteiger partial charge in [-0.2, -0.15) is 0 Å². The largest absolute Gasteiger partial charge is 0.494 e. The third-order valence-electron chi connectivity index (χ3n) is 5.03. The lowest BCUT2D eigenvalue weighted by molar-refractivity contribution is 0.340. The number of hydrogen-bond acceptors (Lipinski definition) is 6. The van der Waals surface area contributed by atoms with Crippen molar-refractivity contribution in [3.8, 4) is 16.3 Å². The molecule has 2 N–H and O–H groups in total. The zero-order valence-corrected chi connectivity index (χ0v) is 18.0. The molecule has 0 spiro atoms. The second kappa shape index (κ2) is 7.78. The molecule has 4 rings (SSSR count). The normalized spacial score (nSPS) is 16.1. The Hall–Kier alpha value is -2.42. The maximum atomic E-state index is 11.6. The van der Waals surface area contributed by atoms with Crippen molar-refractivity contribution in [2.24, 2.45) is 5.14 Å². The number of nitrogens with zero attached hydrogens (tertiary/aromatic N) is 2. The number of benzene rings is 2. The van der Waals surface area contributed by atoms with E-state index in [2.05, 4.69) is 17.2 Å². The van der Waals surface area contributed by atoms with Gasteiger partial charge in [-0.3, -0.25) is 0 Å². The number of sulfonamides is 1. The summed E-state index contributed by atoms with van der Waals surface area (Å²) in [5, 5.41) is 8.32. The number of ether oxygens (including phenoxy) is 1. The van der Waals surface area contributed by atoms with Crippen LogP contribution < -0.4 is 14.8 Å². The first kappa shape index (κ1) is 19.9. The van der Waals surface area contributed by atoms with Crippen LogP contribution in [0.4, 0.5) is 5.69 Å². The van der Waals surface area contributed by atoms with Crippen LogP contribution >= 0.6 is 11.3 Å². The van der Waals surface area contributed by atoms with Gasteiger partial charge in [0.15, 0.2) is 0 Å². The van der Waals surface area contributed by atoms with Crippen LogP contribution in [0.5, 0.6) is 5.75 Å². The molecule has 152 valence electrons. The van der Waals surface area contributed by atoms with Gasteiger partial charge in [0.1, 0.15) is 10.8 Å². The summed E-state index contributed by atoms with van der Waals surface area (Å²) in [5.74, 6) is 0.856. The number of thiazole rings is 1. The van der Waals surface area contributed by atoms with Crippen LogP contribution in [-0.2, 0) is 23.0 Å². The second-order valence-corrected chi connectivity index (χ2v) is 9.54. The lowest BCUT2D eigenvalue weighted by atomic mass is 10.1. The molecule has 0 fully saturated rings. The highest BCUT2D eigenvalue weighted by Gasteiger charge is 2.28. The topological polar surface area (TPSA) is 85.5 Å². The molecule has 0 saturated heterocycles. The van der Waals surface area contributed by atoms with E-state index < -0.39 is 10.0 Å². The fourth-order valence-corrected chi connectivity index (χ4v) is 5.02. The lowest BCUT2D eigenvalue weighted by Crippen LogP contribution is -2.28. The molecule has 6 nitrogen and oxygen atoms in total. The van der Waals surface area contributed by atoms with Crippen molar-refractivity contribution in [2.45, 2.75) is 37.8 Å². The maximum Gasteiger partial charge on any atom is 0.238 e. The van der Waals surface area contributed by atoms with E-state index >= 15 is 0 Å². The molecule has 3 aromatic rings. The van der Waals surface area contributed by atoms with Gasteiger partial charge < -0.3 is 9.64 Å². The zero-order valence-electron chi connectivity index (χ0n) is 16.3. The number of rotatable bonds is 6. The van der Waals surface area contributed by atoms with Crippen molar-refractivity contribution in [3.63, 3.8) is 0 Å². The molecule has 1 unspecified atom stereocenters. The highest BCUT2D eigenvalue weighted by Crippen LogP contribution is 2.35. The average Bonchev–Trinajstić information content (AvgIpc) is 3.27. The van der Waals surface area contributed by atoms with Crippen LogP contribution in [0.15, 0.2) is 52.7 Å². The van der Waals surface area contributed by atoms with Gasteiger partial charge in [-0.25, -0.2) is 18.5 Å². The van der Waals surface area contributed by atoms with Crippen LogP contribution in [-0.4, -0.2) is 26.1 Å². The van der Waals surface area contributed by atoms with E-state index in [1.54, 1.807) is 23.5 Å². The molecule has 1 aliphatic rings. The Kier molecular flexibility index (Phi) is 5.33. The van der Waals surface area contributed by atoms with Gasteiger partial charge >= 0.3 is 0 Å². The Morgan fingerprint density at radius 2 is 2.00 bits per heavy atom. The molecule has 0 bridgehead atoms. The molecular formula is C21H23N3O3S2. The van der Waals surface area contributed by atoms with Gasteiger partial charge in [0, 0.05) is 22.7 Å². The molecule has 1 atom stereocenters. The van der Waals surface area contributed by atoms with Gasteiger partial charge in [0.2, 0.25) is 10.0 Å². The highest BCUT2D eigenvalue weighted by molar-refractivity contribution is 7.89. The summed E-state index contributed by atoms with van der Waals surface area (Å²) in [6, 6.07) is 13.3. The molecule has 0 amide bonds. The van der Waals surface area contributed by atoms with Crippen LogP contribution in [0, 0.1) is 0 Å². The molecule has 1 aliphatic heterocycles. The van der Waals surface area contributed by atoms with E-state index in [1.165, 1.54) is 0 Å². The summed E-state index contributed by atoms with van der Waals surface area (Å²) in [6.45, 7) is 5.43. The van der Waals surface area contributed by atoms with Gasteiger partial charge in [0.25, 0.3) is 0 Å². The average molecular weight is 430 g/mol. The number of primary sulfonamides is 1. The first-order chi connectivity index (χ1) is 13.8. The third kappa shape index (κ3) is 4.14. The molecule has 0 saturated carbocycles. The predicted molar refractivity (Wildman–Crippen MR) is 116 cm³/mol. The molecule has 2 heterocycles.